The molecule has 0 bridgehead atoms. The van der Waals surface area contributed by atoms with Crippen LogP contribution in [0.5, 0.6) is 17.2 Å². The van der Waals surface area contributed by atoms with Gasteiger partial charge in [-0.2, -0.15) is 0 Å². The number of fused-ring (bicyclic) bond motifs is 1. The highest BCUT2D eigenvalue weighted by atomic mass is 16.5. The highest BCUT2D eigenvalue weighted by molar-refractivity contribution is 5.87. The second-order valence-corrected chi connectivity index (χ2v) is 8.90. The molecule has 4 aromatic carbocycles. The molecular weight excluding hydrogens is 494 g/mol. The van der Waals surface area contributed by atoms with E-state index in [2.05, 4.69) is 5.32 Å². The molecule has 0 aliphatic carbocycles. The minimum absolute atomic E-state index is 0.0440. The van der Waals surface area contributed by atoms with E-state index in [9.17, 15) is 14.4 Å². The predicted octanol–water partition coefficient (Wildman–Crippen LogP) is 5.46. The third-order valence-corrected chi connectivity index (χ3v) is 6.01. The molecule has 7 heteroatoms. The molecule has 0 saturated carbocycles. The largest absolute Gasteiger partial charge is 0.460 e. The second kappa shape index (κ2) is 11.9. The van der Waals surface area contributed by atoms with Crippen LogP contribution in [0.4, 0.5) is 0 Å². The summed E-state index contributed by atoms with van der Waals surface area (Å²) in [5, 5.41) is 3.09. The van der Waals surface area contributed by atoms with Crippen molar-refractivity contribution in [2.75, 3.05) is 0 Å². The van der Waals surface area contributed by atoms with Crippen LogP contribution in [0.15, 0.2) is 125 Å². The van der Waals surface area contributed by atoms with Gasteiger partial charge in [-0.25, -0.2) is 4.79 Å². The molecule has 1 unspecified atom stereocenters. The molecule has 5 rings (SSSR count). The van der Waals surface area contributed by atoms with Gasteiger partial charge in [-0.1, -0.05) is 78.9 Å². The Morgan fingerprint density at radius 3 is 2.10 bits per heavy atom. The lowest BCUT2D eigenvalue weighted by atomic mass is 10.1. The average Bonchev–Trinajstić information content (AvgIpc) is 2.96. The van der Waals surface area contributed by atoms with Crippen LogP contribution in [0.2, 0.25) is 0 Å². The Morgan fingerprint density at radius 2 is 1.41 bits per heavy atom. The highest BCUT2D eigenvalue weighted by Crippen LogP contribution is 2.24. The molecule has 0 radical (unpaired) electrons. The lowest BCUT2D eigenvalue weighted by molar-refractivity contribution is -0.139. The first-order chi connectivity index (χ1) is 19.0. The van der Waals surface area contributed by atoms with Crippen LogP contribution in [-0.2, 0) is 22.4 Å². The monoisotopic (exact) mass is 519 g/mol. The van der Waals surface area contributed by atoms with Crippen LogP contribution < -0.4 is 20.2 Å². The van der Waals surface area contributed by atoms with Gasteiger partial charge in [-0.15, -0.1) is 0 Å². The topological polar surface area (TPSA) is 94.8 Å². The highest BCUT2D eigenvalue weighted by Gasteiger charge is 2.24. The molecule has 0 aliphatic rings. The van der Waals surface area contributed by atoms with E-state index in [1.165, 1.54) is 24.5 Å². The summed E-state index contributed by atoms with van der Waals surface area (Å²) in [6.45, 7) is 0. The van der Waals surface area contributed by atoms with Crippen molar-refractivity contribution in [3.63, 3.8) is 0 Å². The molecule has 0 aliphatic heterocycles. The molecule has 1 aromatic heterocycles. The Kier molecular flexibility index (Phi) is 7.79. The maximum absolute atomic E-state index is 13.2. The Balaban J connectivity index is 1.33. The fourth-order valence-corrected chi connectivity index (χ4v) is 4.10. The number of hydrogen-bond donors (Lipinski definition) is 1. The normalized spacial score (nSPS) is 11.5. The molecule has 194 valence electrons. The van der Waals surface area contributed by atoms with E-state index < -0.39 is 12.0 Å². The molecule has 1 heterocycles. The molecule has 39 heavy (non-hydrogen) atoms. The van der Waals surface area contributed by atoms with Crippen molar-refractivity contribution < 1.29 is 23.5 Å². The van der Waals surface area contributed by atoms with Gasteiger partial charge in [0.15, 0.2) is 0 Å². The van der Waals surface area contributed by atoms with Gasteiger partial charge >= 0.3 is 5.97 Å². The minimum Gasteiger partial charge on any atom is -0.460 e. The van der Waals surface area contributed by atoms with Gasteiger partial charge in [0.2, 0.25) is 17.1 Å². The van der Waals surface area contributed by atoms with Crippen molar-refractivity contribution >= 4 is 22.8 Å². The fourth-order valence-electron chi connectivity index (χ4n) is 4.10. The number of ether oxygens (including phenoxy) is 2. The number of rotatable bonds is 9. The quantitative estimate of drug-likeness (QED) is 0.205. The molecule has 0 spiro atoms. The van der Waals surface area contributed by atoms with Crippen LogP contribution >= 0.6 is 0 Å². The van der Waals surface area contributed by atoms with Gasteiger partial charge < -0.3 is 19.2 Å². The predicted molar refractivity (Wildman–Crippen MR) is 147 cm³/mol. The number of carbonyl (C=O) groups excluding carboxylic acids is 2. The van der Waals surface area contributed by atoms with Gasteiger partial charge in [0.25, 0.3) is 0 Å². The SMILES string of the molecule is O=C(Cc1ccccc1)NC(Cc1ccccc1)C(=O)Oc1ccc2c(=O)c(Oc3ccccc3)coc2c1. The lowest BCUT2D eigenvalue weighted by Crippen LogP contribution is -2.45. The maximum atomic E-state index is 13.2. The summed E-state index contributed by atoms with van der Waals surface area (Å²) < 4.78 is 16.9. The Hall–Kier alpha value is -5.17. The zero-order valence-corrected chi connectivity index (χ0v) is 20.9. The number of hydrogen-bond acceptors (Lipinski definition) is 6. The van der Waals surface area contributed by atoms with Gasteiger partial charge in [0.1, 0.15) is 29.4 Å². The van der Waals surface area contributed by atoms with E-state index >= 15 is 0 Å². The number of esters is 1. The van der Waals surface area contributed by atoms with Crippen molar-refractivity contribution in [1.82, 2.24) is 5.32 Å². The first kappa shape index (κ1) is 25.5. The van der Waals surface area contributed by atoms with E-state index in [1.807, 2.05) is 66.7 Å². The van der Waals surface area contributed by atoms with E-state index in [0.29, 0.717) is 5.75 Å². The molecule has 0 saturated heterocycles. The van der Waals surface area contributed by atoms with Gasteiger partial charge in [-0.3, -0.25) is 9.59 Å². The summed E-state index contributed by atoms with van der Waals surface area (Å²) in [6, 6.07) is 31.1. The minimum atomic E-state index is -0.923. The number of benzene rings is 4. The van der Waals surface area contributed by atoms with Gasteiger partial charge in [0.05, 0.1) is 11.8 Å². The molecule has 7 nitrogen and oxygen atoms in total. The van der Waals surface area contributed by atoms with E-state index in [4.69, 9.17) is 13.9 Å². The third-order valence-electron chi connectivity index (χ3n) is 6.01. The standard InChI is InChI=1S/C32H25NO6/c34-30(19-23-12-6-2-7-13-23)33-27(18-22-10-4-1-5-11-22)32(36)39-25-16-17-26-28(20-25)37-21-29(31(26)35)38-24-14-8-3-9-15-24/h1-17,20-21,27H,18-19H2,(H,33,34). The van der Waals surface area contributed by atoms with Gasteiger partial charge in [0, 0.05) is 12.5 Å². The molecular formula is C32H25NO6. The Bertz CT molecular complexity index is 1630. The fraction of sp³-hybridized carbons (Fsp3) is 0.0938. The molecule has 1 amide bonds. The first-order valence-corrected chi connectivity index (χ1v) is 12.4. The van der Waals surface area contributed by atoms with E-state index in [1.54, 1.807) is 24.3 Å². The van der Waals surface area contributed by atoms with Crippen molar-refractivity contribution in [3.8, 4) is 17.2 Å². The summed E-state index contributed by atoms with van der Waals surface area (Å²) >= 11 is 0. The van der Waals surface area contributed by atoms with Crippen LogP contribution in [0, 0.1) is 0 Å². The van der Waals surface area contributed by atoms with Crippen molar-refractivity contribution in [2.45, 2.75) is 18.9 Å². The first-order valence-electron chi connectivity index (χ1n) is 12.4. The van der Waals surface area contributed by atoms with E-state index in [-0.39, 0.29) is 46.6 Å². The van der Waals surface area contributed by atoms with Crippen LogP contribution in [0.3, 0.4) is 0 Å². The Labute approximate surface area is 224 Å². The molecule has 1 N–H and O–H groups in total. The Morgan fingerprint density at radius 1 is 0.769 bits per heavy atom. The van der Waals surface area contributed by atoms with E-state index in [0.717, 1.165) is 11.1 Å². The van der Waals surface area contributed by atoms with Crippen LogP contribution in [0.25, 0.3) is 11.0 Å². The summed E-state index contributed by atoms with van der Waals surface area (Å²) in [4.78, 5) is 38.9. The summed E-state index contributed by atoms with van der Waals surface area (Å²) in [7, 11) is 0. The molecule has 0 fully saturated rings. The number of nitrogens with one attached hydrogen (secondary N) is 1. The summed E-state index contributed by atoms with van der Waals surface area (Å²) in [5.41, 5.74) is 1.59. The van der Waals surface area contributed by atoms with Crippen LogP contribution in [0.1, 0.15) is 11.1 Å². The summed E-state index contributed by atoms with van der Waals surface area (Å²) in [6.07, 6.45) is 1.61. The van der Waals surface area contributed by atoms with Crippen molar-refractivity contribution in [1.29, 1.82) is 0 Å². The van der Waals surface area contributed by atoms with Crippen LogP contribution in [-0.4, -0.2) is 17.9 Å². The average molecular weight is 520 g/mol. The number of para-hydroxylation sites is 1. The second-order valence-electron chi connectivity index (χ2n) is 8.90. The number of carbonyl (C=O) groups is 2. The van der Waals surface area contributed by atoms with Gasteiger partial charge in [-0.05, 0) is 35.4 Å². The third kappa shape index (κ3) is 6.59. The number of amides is 1. The molecule has 5 aromatic rings. The zero-order valence-electron chi connectivity index (χ0n) is 20.9. The zero-order chi connectivity index (χ0) is 27.0. The van der Waals surface area contributed by atoms with Crippen molar-refractivity contribution in [2.24, 2.45) is 0 Å². The smallest absolute Gasteiger partial charge is 0.334 e. The molecule has 1 atom stereocenters. The van der Waals surface area contributed by atoms with Crippen molar-refractivity contribution in [3.05, 3.63) is 137 Å². The lowest BCUT2D eigenvalue weighted by Gasteiger charge is -2.18. The maximum Gasteiger partial charge on any atom is 0.334 e. The summed E-state index contributed by atoms with van der Waals surface area (Å²) in [5.74, 6) is -0.195.